The van der Waals surface area contributed by atoms with Crippen molar-refractivity contribution in [1.29, 1.82) is 0 Å². The first-order valence-electron chi connectivity index (χ1n) is 21.5. The van der Waals surface area contributed by atoms with Gasteiger partial charge in [0, 0.05) is 17.1 Å². The number of hydrogen-bond acceptors (Lipinski definition) is 1. The van der Waals surface area contributed by atoms with Gasteiger partial charge in [-0.3, -0.25) is 0 Å². The molecule has 0 heterocycles. The molecule has 0 radical (unpaired) electrons. The Morgan fingerprint density at radius 2 is 0.548 bits per heavy atom. The molecule has 1 heteroatoms. The van der Waals surface area contributed by atoms with Crippen molar-refractivity contribution in [3.8, 4) is 66.8 Å². The second-order valence-corrected chi connectivity index (χ2v) is 16.4. The lowest BCUT2D eigenvalue weighted by Crippen LogP contribution is -2.26. The lowest BCUT2D eigenvalue weighted by Gasteiger charge is -2.32. The highest BCUT2D eigenvalue weighted by atomic mass is 15.1. The summed E-state index contributed by atoms with van der Waals surface area (Å²) in [6.07, 6.45) is 0. The molecule has 1 spiro atoms. The van der Waals surface area contributed by atoms with Crippen LogP contribution >= 0.6 is 0 Å². The van der Waals surface area contributed by atoms with E-state index < -0.39 is 5.41 Å². The first-order chi connectivity index (χ1) is 30.8. The summed E-state index contributed by atoms with van der Waals surface area (Å²) in [6, 6.07) is 91.5. The van der Waals surface area contributed by atoms with Gasteiger partial charge in [0.2, 0.25) is 0 Å². The number of fused-ring (bicyclic) bond motifs is 10. The summed E-state index contributed by atoms with van der Waals surface area (Å²) in [6.45, 7) is 0. The smallest absolute Gasteiger partial charge is 0.0726 e. The summed E-state index contributed by atoms with van der Waals surface area (Å²) < 4.78 is 0. The molecule has 0 amide bonds. The molecule has 10 aromatic rings. The number of nitrogens with zero attached hydrogens (tertiary/aromatic N) is 1. The van der Waals surface area contributed by atoms with Crippen LogP contribution in [-0.2, 0) is 5.41 Å². The normalized spacial score (nSPS) is 12.6. The first kappa shape index (κ1) is 35.9. The van der Waals surface area contributed by atoms with Gasteiger partial charge < -0.3 is 4.90 Å². The second-order valence-electron chi connectivity index (χ2n) is 16.4. The summed E-state index contributed by atoms with van der Waals surface area (Å²) in [5.41, 5.74) is 23.0. The molecule has 0 atom stereocenters. The summed E-state index contributed by atoms with van der Waals surface area (Å²) >= 11 is 0. The lowest BCUT2D eigenvalue weighted by atomic mass is 9.70. The van der Waals surface area contributed by atoms with Crippen LogP contribution < -0.4 is 4.90 Å². The molecule has 0 aliphatic heterocycles. The van der Waals surface area contributed by atoms with E-state index >= 15 is 0 Å². The fraction of sp³-hybridized carbons (Fsp3) is 0.0164. The third-order valence-corrected chi connectivity index (χ3v) is 13.1. The molecule has 62 heavy (non-hydrogen) atoms. The zero-order chi connectivity index (χ0) is 41.0. The van der Waals surface area contributed by atoms with E-state index in [1.165, 1.54) is 89.0 Å². The van der Waals surface area contributed by atoms with Crippen LogP contribution in [0.15, 0.2) is 249 Å². The van der Waals surface area contributed by atoms with E-state index in [0.29, 0.717) is 0 Å². The average Bonchev–Trinajstić information content (AvgIpc) is 3.82. The van der Waals surface area contributed by atoms with Crippen molar-refractivity contribution in [2.75, 3.05) is 4.90 Å². The van der Waals surface area contributed by atoms with Crippen LogP contribution in [0, 0.1) is 0 Å². The topological polar surface area (TPSA) is 3.24 Å². The van der Waals surface area contributed by atoms with E-state index in [1.807, 2.05) is 0 Å². The van der Waals surface area contributed by atoms with Gasteiger partial charge in [0.05, 0.1) is 5.41 Å². The number of rotatable bonds is 7. The molecule has 2 aliphatic carbocycles. The molecule has 0 N–H and O–H groups in total. The van der Waals surface area contributed by atoms with E-state index in [9.17, 15) is 0 Å². The van der Waals surface area contributed by atoms with Crippen LogP contribution in [0.4, 0.5) is 17.1 Å². The van der Waals surface area contributed by atoms with Crippen LogP contribution in [0.25, 0.3) is 66.8 Å². The van der Waals surface area contributed by atoms with E-state index in [2.05, 4.69) is 254 Å². The first-order valence-corrected chi connectivity index (χ1v) is 21.5. The Kier molecular flexibility index (Phi) is 8.47. The maximum absolute atomic E-state index is 2.48. The second kappa shape index (κ2) is 14.6. The molecular formula is C61H41N. The van der Waals surface area contributed by atoms with Crippen molar-refractivity contribution in [3.63, 3.8) is 0 Å². The van der Waals surface area contributed by atoms with Gasteiger partial charge in [0.15, 0.2) is 0 Å². The van der Waals surface area contributed by atoms with Gasteiger partial charge in [-0.25, -0.2) is 0 Å². The van der Waals surface area contributed by atoms with E-state index in [-0.39, 0.29) is 0 Å². The zero-order valence-corrected chi connectivity index (χ0v) is 34.1. The molecule has 0 aromatic heterocycles. The van der Waals surface area contributed by atoms with Gasteiger partial charge >= 0.3 is 0 Å². The fourth-order valence-electron chi connectivity index (χ4n) is 10.4. The average molecular weight is 788 g/mol. The summed E-state index contributed by atoms with van der Waals surface area (Å²) in [4.78, 5) is 2.45. The predicted molar refractivity (Wildman–Crippen MR) is 259 cm³/mol. The minimum atomic E-state index is -0.444. The van der Waals surface area contributed by atoms with E-state index in [4.69, 9.17) is 0 Å². The largest absolute Gasteiger partial charge is 0.310 e. The Hall–Kier alpha value is -8.00. The third-order valence-electron chi connectivity index (χ3n) is 13.1. The maximum atomic E-state index is 2.48. The van der Waals surface area contributed by atoms with E-state index in [1.54, 1.807) is 0 Å². The Morgan fingerprint density at radius 1 is 0.210 bits per heavy atom. The molecule has 1 nitrogen and oxygen atoms in total. The van der Waals surface area contributed by atoms with Crippen LogP contribution in [0.1, 0.15) is 22.3 Å². The van der Waals surface area contributed by atoms with Gasteiger partial charge in [0.1, 0.15) is 0 Å². The van der Waals surface area contributed by atoms with Crippen LogP contribution in [0.3, 0.4) is 0 Å². The van der Waals surface area contributed by atoms with Gasteiger partial charge in [-0.05, 0) is 125 Å². The van der Waals surface area contributed by atoms with Gasteiger partial charge in [-0.1, -0.05) is 212 Å². The predicted octanol–water partition coefficient (Wildman–Crippen LogP) is 16.2. The van der Waals surface area contributed by atoms with E-state index in [0.717, 1.165) is 17.1 Å². The Morgan fingerprint density at radius 3 is 1.06 bits per heavy atom. The summed E-state index contributed by atoms with van der Waals surface area (Å²) in [5, 5.41) is 0. The standard InChI is InChI=1S/C61H41N/c1-4-16-42(17-5-1)44-28-30-47(31-29-44)56-40-49(36-38-51(56)46-20-8-3-9-21-46)62(48-34-32-45(33-35-48)43-18-6-2-7-19-43)50-37-39-55-54-24-12-15-27-59(54)61(60(55)41-50)57-25-13-10-22-52(57)53-23-11-14-26-58(53)61/h1-41H. The van der Waals surface area contributed by atoms with Crippen molar-refractivity contribution >= 4 is 17.1 Å². The Labute approximate surface area is 363 Å². The minimum absolute atomic E-state index is 0.444. The number of anilines is 3. The number of hydrogen-bond donors (Lipinski definition) is 0. The summed E-state index contributed by atoms with van der Waals surface area (Å²) in [7, 11) is 0. The quantitative estimate of drug-likeness (QED) is 0.155. The Bertz CT molecular complexity index is 3190. The van der Waals surface area contributed by atoms with Crippen molar-refractivity contribution in [2.45, 2.75) is 5.41 Å². The zero-order valence-electron chi connectivity index (χ0n) is 34.1. The van der Waals surface area contributed by atoms with Gasteiger partial charge in [-0.2, -0.15) is 0 Å². The minimum Gasteiger partial charge on any atom is -0.310 e. The SMILES string of the molecule is c1ccc(-c2ccc(-c3cc(N(c4ccc(-c5ccccc5)cc4)c4ccc5c(c4)C4(c6ccccc6-c6ccccc64)c4ccccc4-5)ccc3-c3ccccc3)cc2)cc1. The van der Waals surface area contributed by atoms with Gasteiger partial charge in [0.25, 0.3) is 0 Å². The molecule has 0 fully saturated rings. The monoisotopic (exact) mass is 787 g/mol. The molecule has 0 unspecified atom stereocenters. The highest BCUT2D eigenvalue weighted by molar-refractivity contribution is 5.97. The molecule has 0 saturated carbocycles. The molecule has 10 aromatic carbocycles. The van der Waals surface area contributed by atoms with Gasteiger partial charge in [-0.15, -0.1) is 0 Å². The molecule has 0 bridgehead atoms. The maximum Gasteiger partial charge on any atom is 0.0726 e. The lowest BCUT2D eigenvalue weighted by molar-refractivity contribution is 0.793. The van der Waals surface area contributed by atoms with Crippen molar-refractivity contribution < 1.29 is 0 Å². The van der Waals surface area contributed by atoms with Crippen LogP contribution in [-0.4, -0.2) is 0 Å². The van der Waals surface area contributed by atoms with Crippen molar-refractivity contribution in [2.24, 2.45) is 0 Å². The molecule has 12 rings (SSSR count). The highest BCUT2D eigenvalue weighted by Crippen LogP contribution is 2.63. The molecule has 290 valence electrons. The van der Waals surface area contributed by atoms with Crippen molar-refractivity contribution in [3.05, 3.63) is 271 Å². The molecule has 2 aliphatic rings. The Balaban J connectivity index is 1.08. The molecule has 0 saturated heterocycles. The number of benzene rings is 10. The van der Waals surface area contributed by atoms with Crippen LogP contribution in [0.2, 0.25) is 0 Å². The summed E-state index contributed by atoms with van der Waals surface area (Å²) in [5.74, 6) is 0. The van der Waals surface area contributed by atoms with Crippen LogP contribution in [0.5, 0.6) is 0 Å². The fourth-order valence-corrected chi connectivity index (χ4v) is 10.4. The highest BCUT2D eigenvalue weighted by Gasteiger charge is 2.51. The third kappa shape index (κ3) is 5.63. The van der Waals surface area contributed by atoms with Crippen molar-refractivity contribution in [1.82, 2.24) is 0 Å². The molecular weight excluding hydrogens is 747 g/mol.